The van der Waals surface area contributed by atoms with Crippen LogP contribution < -0.4 is 15.8 Å². The van der Waals surface area contributed by atoms with Crippen molar-refractivity contribution in [2.45, 2.75) is 26.3 Å². The second-order valence-corrected chi connectivity index (χ2v) is 6.47. The molecule has 0 aliphatic carbocycles. The van der Waals surface area contributed by atoms with Crippen molar-refractivity contribution in [2.24, 2.45) is 10.7 Å². The molecule has 0 spiro atoms. The second-order valence-electron chi connectivity index (χ2n) is 4.76. The lowest BCUT2D eigenvalue weighted by Gasteiger charge is -2.16. The number of nitrogens with two attached hydrogens (primary N) is 1. The first-order valence-electron chi connectivity index (χ1n) is 5.38. The van der Waals surface area contributed by atoms with Gasteiger partial charge in [-0.15, -0.1) is 0 Å². The van der Waals surface area contributed by atoms with Gasteiger partial charge in [-0.3, -0.25) is 0 Å². The van der Waals surface area contributed by atoms with Crippen LogP contribution in [-0.4, -0.2) is 18.6 Å². The summed E-state index contributed by atoms with van der Waals surface area (Å²) in [5, 5.41) is 3.05. The predicted molar refractivity (Wildman–Crippen MR) is 83.4 cm³/mol. The van der Waals surface area contributed by atoms with Crippen LogP contribution in [0.2, 0.25) is 0 Å². The fourth-order valence-electron chi connectivity index (χ4n) is 1.31. The van der Waals surface area contributed by atoms with Gasteiger partial charge in [-0.1, -0.05) is 0 Å². The number of rotatable bonds is 2. The van der Waals surface area contributed by atoms with Crippen LogP contribution in [-0.2, 0) is 0 Å². The van der Waals surface area contributed by atoms with Crippen LogP contribution in [0, 0.1) is 0 Å². The number of aliphatic imine (C=N–C) groups is 1. The molecule has 0 radical (unpaired) electrons. The van der Waals surface area contributed by atoms with E-state index < -0.39 is 0 Å². The summed E-state index contributed by atoms with van der Waals surface area (Å²) >= 11 is 6.87. The SMILES string of the molecule is COc1cc(NC(N)=NC(C)(C)C)c(Br)cc1Br. The van der Waals surface area contributed by atoms with Crippen LogP contribution in [0.4, 0.5) is 5.69 Å². The third-order valence-electron chi connectivity index (χ3n) is 1.96. The average Bonchev–Trinajstić information content (AvgIpc) is 2.19. The highest BCUT2D eigenvalue weighted by atomic mass is 79.9. The third-order valence-corrected chi connectivity index (χ3v) is 3.24. The van der Waals surface area contributed by atoms with Gasteiger partial charge >= 0.3 is 0 Å². The van der Waals surface area contributed by atoms with Gasteiger partial charge in [0.05, 0.1) is 22.8 Å². The molecule has 1 aromatic rings. The molecule has 0 aliphatic rings. The van der Waals surface area contributed by atoms with Gasteiger partial charge in [0.1, 0.15) is 5.75 Å². The number of benzene rings is 1. The summed E-state index contributed by atoms with van der Waals surface area (Å²) in [5.74, 6) is 1.09. The molecule has 0 aromatic heterocycles. The third kappa shape index (κ3) is 4.49. The van der Waals surface area contributed by atoms with Gasteiger partial charge in [-0.25, -0.2) is 4.99 Å². The Hall–Kier alpha value is -0.750. The van der Waals surface area contributed by atoms with E-state index in [-0.39, 0.29) is 5.54 Å². The Balaban J connectivity index is 3.01. The Morgan fingerprint density at radius 1 is 1.28 bits per heavy atom. The molecule has 0 heterocycles. The van der Waals surface area contributed by atoms with Gasteiger partial charge in [0, 0.05) is 10.5 Å². The minimum Gasteiger partial charge on any atom is -0.495 e. The van der Waals surface area contributed by atoms with E-state index in [1.54, 1.807) is 7.11 Å². The van der Waals surface area contributed by atoms with Crippen molar-refractivity contribution in [1.82, 2.24) is 0 Å². The Morgan fingerprint density at radius 3 is 2.39 bits per heavy atom. The quantitative estimate of drug-likeness (QED) is 0.608. The molecule has 4 nitrogen and oxygen atoms in total. The Kier molecular flexibility index (Phi) is 5.04. The zero-order valence-corrected chi connectivity index (χ0v) is 14.0. The molecule has 0 unspecified atom stereocenters. The van der Waals surface area contributed by atoms with E-state index in [0.717, 1.165) is 20.4 Å². The van der Waals surface area contributed by atoms with Crippen LogP contribution in [0.1, 0.15) is 20.8 Å². The minimum absolute atomic E-state index is 0.219. The molecule has 0 saturated heterocycles. The number of hydrogen-bond donors (Lipinski definition) is 2. The van der Waals surface area contributed by atoms with Crippen molar-refractivity contribution >= 4 is 43.5 Å². The normalized spacial score (nSPS) is 12.4. The summed E-state index contributed by atoms with van der Waals surface area (Å²) in [6.45, 7) is 5.95. The predicted octanol–water partition coefficient (Wildman–Crippen LogP) is 3.75. The molecule has 0 fully saturated rings. The maximum absolute atomic E-state index is 5.86. The van der Waals surface area contributed by atoms with Crippen molar-refractivity contribution in [2.75, 3.05) is 12.4 Å². The number of guanidine groups is 1. The van der Waals surface area contributed by atoms with Crippen molar-refractivity contribution in [1.29, 1.82) is 0 Å². The van der Waals surface area contributed by atoms with E-state index in [2.05, 4.69) is 42.2 Å². The minimum atomic E-state index is -0.219. The smallest absolute Gasteiger partial charge is 0.193 e. The summed E-state index contributed by atoms with van der Waals surface area (Å²) in [4.78, 5) is 4.33. The number of halogens is 2. The number of hydrogen-bond acceptors (Lipinski definition) is 2. The van der Waals surface area contributed by atoms with Crippen molar-refractivity contribution in [3.05, 3.63) is 21.1 Å². The number of methoxy groups -OCH3 is 1. The summed E-state index contributed by atoms with van der Waals surface area (Å²) in [5.41, 5.74) is 6.44. The molecule has 0 saturated carbocycles. The number of ether oxygens (including phenoxy) is 1. The lowest BCUT2D eigenvalue weighted by molar-refractivity contribution is 0.412. The highest BCUT2D eigenvalue weighted by Gasteiger charge is 2.11. The lowest BCUT2D eigenvalue weighted by atomic mass is 10.1. The molecule has 1 aromatic carbocycles. The molecular formula is C12H17Br2N3O. The van der Waals surface area contributed by atoms with Gasteiger partial charge in [0.15, 0.2) is 5.96 Å². The van der Waals surface area contributed by atoms with Gasteiger partial charge in [0.25, 0.3) is 0 Å². The standard InChI is InChI=1S/C12H17Br2N3O/c1-12(2,3)17-11(15)16-9-6-10(18-4)8(14)5-7(9)13/h5-6H,1-4H3,(H3,15,16,17). The fraction of sp³-hybridized carbons (Fsp3) is 0.417. The van der Waals surface area contributed by atoms with E-state index in [4.69, 9.17) is 10.5 Å². The van der Waals surface area contributed by atoms with E-state index in [0.29, 0.717) is 5.96 Å². The lowest BCUT2D eigenvalue weighted by Crippen LogP contribution is -2.27. The number of anilines is 1. The van der Waals surface area contributed by atoms with Crippen LogP contribution >= 0.6 is 31.9 Å². The topological polar surface area (TPSA) is 59.6 Å². The first-order chi connectivity index (χ1) is 8.23. The molecule has 1 rings (SSSR count). The summed E-state index contributed by atoms with van der Waals surface area (Å²) in [6, 6.07) is 3.74. The molecule has 0 atom stereocenters. The van der Waals surface area contributed by atoms with Crippen molar-refractivity contribution < 1.29 is 4.74 Å². The largest absolute Gasteiger partial charge is 0.495 e. The van der Waals surface area contributed by atoms with E-state index in [1.165, 1.54) is 0 Å². The zero-order valence-electron chi connectivity index (χ0n) is 10.8. The van der Waals surface area contributed by atoms with Crippen molar-refractivity contribution in [3.8, 4) is 5.75 Å². The summed E-state index contributed by atoms with van der Waals surface area (Å²) in [6.07, 6.45) is 0. The van der Waals surface area contributed by atoms with Gasteiger partial charge in [-0.05, 0) is 58.7 Å². The Labute approximate surface area is 124 Å². The summed E-state index contributed by atoms with van der Waals surface area (Å²) in [7, 11) is 1.62. The first kappa shape index (κ1) is 15.3. The van der Waals surface area contributed by atoms with Gasteiger partial charge in [-0.2, -0.15) is 0 Å². The molecule has 0 bridgehead atoms. The van der Waals surface area contributed by atoms with Crippen LogP contribution in [0.5, 0.6) is 5.75 Å². The second kappa shape index (κ2) is 5.93. The van der Waals surface area contributed by atoms with Crippen LogP contribution in [0.3, 0.4) is 0 Å². The average molecular weight is 379 g/mol. The molecule has 18 heavy (non-hydrogen) atoms. The Morgan fingerprint density at radius 2 is 1.89 bits per heavy atom. The maximum Gasteiger partial charge on any atom is 0.193 e. The maximum atomic E-state index is 5.86. The summed E-state index contributed by atoms with van der Waals surface area (Å²) < 4.78 is 6.98. The molecule has 3 N–H and O–H groups in total. The van der Waals surface area contributed by atoms with Crippen LogP contribution in [0.25, 0.3) is 0 Å². The molecular weight excluding hydrogens is 362 g/mol. The van der Waals surface area contributed by atoms with Crippen LogP contribution in [0.15, 0.2) is 26.1 Å². The molecule has 0 aliphatic heterocycles. The molecule has 6 heteroatoms. The number of nitrogens with one attached hydrogen (secondary N) is 1. The number of nitrogens with zero attached hydrogens (tertiary/aromatic N) is 1. The zero-order chi connectivity index (χ0) is 13.9. The fourth-order valence-corrected chi connectivity index (χ4v) is 2.56. The first-order valence-corrected chi connectivity index (χ1v) is 6.97. The molecule has 100 valence electrons. The van der Waals surface area contributed by atoms with E-state index in [1.807, 2.05) is 32.9 Å². The van der Waals surface area contributed by atoms with Gasteiger partial charge < -0.3 is 15.8 Å². The molecule has 0 amide bonds. The van der Waals surface area contributed by atoms with Gasteiger partial charge in [0.2, 0.25) is 0 Å². The van der Waals surface area contributed by atoms with Crippen molar-refractivity contribution in [3.63, 3.8) is 0 Å². The Bertz CT molecular complexity index is 467. The highest BCUT2D eigenvalue weighted by Crippen LogP contribution is 2.34. The van der Waals surface area contributed by atoms with E-state index in [9.17, 15) is 0 Å². The highest BCUT2D eigenvalue weighted by molar-refractivity contribution is 9.11. The monoisotopic (exact) mass is 377 g/mol. The van der Waals surface area contributed by atoms with E-state index >= 15 is 0 Å².